The van der Waals surface area contributed by atoms with Crippen LogP contribution in [-0.4, -0.2) is 105 Å². The number of hydrogen-bond donors (Lipinski definition) is 7. The number of amides is 1. The molecule has 0 saturated heterocycles. The molecule has 3 aliphatic rings. The highest BCUT2D eigenvalue weighted by atomic mass is 16.4. The molecule has 0 aromatic heterocycles. The number of nitrogens with zero attached hydrogens (tertiary/aromatic N) is 2. The maximum Gasteiger partial charge on any atom is 0.328 e. The van der Waals surface area contributed by atoms with E-state index in [4.69, 9.17) is 15.9 Å². The summed E-state index contributed by atoms with van der Waals surface area (Å²) >= 11 is 0. The number of fused-ring (bicyclic) bond motifs is 3. The Hall–Kier alpha value is -4.69. The lowest BCUT2D eigenvalue weighted by Crippen LogP contribution is -2.63. The van der Waals surface area contributed by atoms with Crippen LogP contribution in [0.2, 0.25) is 0 Å². The smallest absolute Gasteiger partial charge is 0.328 e. The van der Waals surface area contributed by atoms with Gasteiger partial charge < -0.3 is 41.3 Å². The first-order valence-corrected chi connectivity index (χ1v) is 12.3. The Balaban J connectivity index is 0.000000507. The quantitative estimate of drug-likeness (QED) is 0.180. The minimum atomic E-state index is -2.63. The van der Waals surface area contributed by atoms with Crippen LogP contribution in [0.4, 0.5) is 5.69 Å². The topological polar surface area (TPSA) is 239 Å². The zero-order chi connectivity index (χ0) is 31.1. The van der Waals surface area contributed by atoms with Gasteiger partial charge in [-0.1, -0.05) is 0 Å². The number of aliphatic hydroxyl groups excluding tert-OH is 2. The zero-order valence-corrected chi connectivity index (χ0v) is 22.7. The minimum Gasteiger partial charge on any atom is -0.510 e. The molecule has 1 amide bonds. The van der Waals surface area contributed by atoms with Crippen LogP contribution in [0, 0.1) is 11.8 Å². The number of phenols is 1. The number of hydrogen-bond acceptors (Lipinski definition) is 11. The molecular weight excluding hydrogens is 542 g/mol. The van der Waals surface area contributed by atoms with E-state index in [9.17, 15) is 44.4 Å². The predicted octanol–water partition coefficient (Wildman–Crippen LogP) is -0.102. The Labute approximate surface area is 233 Å². The fourth-order valence-corrected chi connectivity index (χ4v) is 5.80. The summed E-state index contributed by atoms with van der Waals surface area (Å²) in [5, 5.41) is 59.5. The standard InChI is InChI=1S/C23H27N3O7.C4H4O4/c1-25(2)12-5-6-13(27)15-10(12)7-9-8-11-17(26(3)4)19(29)16(22(24)32)21(31)23(11,33)20(30)14(9)18(15)28;5-3(6)1-2-4(7)8/h5-6,9,11,17,27,29-30,33H,7-8H2,1-4H3,(H2,24,32);1-2H,(H,5,6)(H,7,8)/b;2-1-/t9-,11-,17-,23-;/m0./s1. The molecule has 4 rings (SSSR count). The van der Waals surface area contributed by atoms with Gasteiger partial charge in [-0.05, 0) is 50.6 Å². The molecular formula is C27H31N3O11. The minimum absolute atomic E-state index is 0.00184. The maximum atomic E-state index is 13.5. The third-order valence-electron chi connectivity index (χ3n) is 7.43. The molecule has 0 heterocycles. The number of carbonyl (C=O) groups excluding carboxylic acids is 3. The van der Waals surface area contributed by atoms with Crippen molar-refractivity contribution in [2.24, 2.45) is 17.6 Å². The second-order valence-electron chi connectivity index (χ2n) is 10.3. The SMILES string of the molecule is CN(C)c1ccc(O)c2c1C[C@H]1C[C@H]3[C@H](N(C)C)C(O)=C(C(N)=O)C(=O)[C@@]3(O)C(O)=C1C2=O.O=C(O)/C=C\C(=O)O. The van der Waals surface area contributed by atoms with Crippen LogP contribution in [0.1, 0.15) is 22.3 Å². The number of anilines is 1. The summed E-state index contributed by atoms with van der Waals surface area (Å²) in [4.78, 5) is 61.1. The van der Waals surface area contributed by atoms with Crippen molar-refractivity contribution in [3.05, 3.63) is 58.1 Å². The molecule has 0 fully saturated rings. The molecule has 3 aliphatic carbocycles. The van der Waals surface area contributed by atoms with Gasteiger partial charge >= 0.3 is 11.9 Å². The van der Waals surface area contributed by atoms with Crippen LogP contribution >= 0.6 is 0 Å². The summed E-state index contributed by atoms with van der Waals surface area (Å²) in [6.07, 6.45) is 1.44. The fraction of sp³-hybridized carbons (Fsp3) is 0.370. The number of aliphatic hydroxyl groups is 3. The number of rotatable bonds is 5. The molecule has 0 saturated carbocycles. The molecule has 0 unspecified atom stereocenters. The second-order valence-corrected chi connectivity index (χ2v) is 10.3. The summed E-state index contributed by atoms with van der Waals surface area (Å²) in [6, 6.07) is 2.06. The van der Waals surface area contributed by atoms with Gasteiger partial charge in [-0.25, -0.2) is 9.59 Å². The number of nitrogens with two attached hydrogens (primary N) is 1. The molecule has 0 spiro atoms. The van der Waals surface area contributed by atoms with Crippen LogP contribution < -0.4 is 10.6 Å². The van der Waals surface area contributed by atoms with Crippen molar-refractivity contribution >= 4 is 35.1 Å². The van der Waals surface area contributed by atoms with Gasteiger partial charge in [-0.15, -0.1) is 0 Å². The van der Waals surface area contributed by atoms with Crippen molar-refractivity contribution in [2.75, 3.05) is 33.1 Å². The van der Waals surface area contributed by atoms with Crippen LogP contribution in [0.25, 0.3) is 0 Å². The Kier molecular flexibility index (Phi) is 8.32. The third kappa shape index (κ3) is 5.14. The van der Waals surface area contributed by atoms with Gasteiger partial charge in [0.2, 0.25) is 5.78 Å². The normalized spacial score (nSPS) is 25.3. The average molecular weight is 574 g/mol. The molecule has 0 bridgehead atoms. The lowest BCUT2D eigenvalue weighted by atomic mass is 9.58. The number of likely N-dealkylation sites (N-methyl/N-ethyl adjacent to an activating group) is 1. The highest BCUT2D eigenvalue weighted by molar-refractivity contribution is 6.24. The van der Waals surface area contributed by atoms with E-state index in [-0.39, 0.29) is 29.7 Å². The van der Waals surface area contributed by atoms with Crippen molar-refractivity contribution in [1.29, 1.82) is 0 Å². The summed E-state index contributed by atoms with van der Waals surface area (Å²) in [5.41, 5.74) is 3.02. The molecule has 41 heavy (non-hydrogen) atoms. The van der Waals surface area contributed by atoms with E-state index in [1.165, 1.54) is 11.0 Å². The van der Waals surface area contributed by atoms with Gasteiger partial charge in [0.05, 0.1) is 11.6 Å². The Morgan fingerprint density at radius 1 is 1.00 bits per heavy atom. The van der Waals surface area contributed by atoms with Crippen molar-refractivity contribution in [2.45, 2.75) is 24.5 Å². The van der Waals surface area contributed by atoms with Gasteiger partial charge in [-0.3, -0.25) is 19.3 Å². The van der Waals surface area contributed by atoms with E-state index in [0.717, 1.165) is 5.69 Å². The maximum absolute atomic E-state index is 13.5. The van der Waals surface area contributed by atoms with Gasteiger partial charge in [0.1, 0.15) is 22.8 Å². The monoisotopic (exact) mass is 573 g/mol. The number of carboxylic acid groups (broad SMARTS) is 2. The van der Waals surface area contributed by atoms with Gasteiger partial charge in [-0.2, -0.15) is 0 Å². The van der Waals surface area contributed by atoms with Crippen LogP contribution in [0.15, 0.2) is 46.9 Å². The first-order valence-electron chi connectivity index (χ1n) is 12.3. The van der Waals surface area contributed by atoms with E-state index in [1.54, 1.807) is 39.2 Å². The van der Waals surface area contributed by atoms with E-state index in [1.807, 2.05) is 0 Å². The number of Topliss-reactive ketones (excluding diaryl/α,β-unsaturated/α-hetero) is 2. The van der Waals surface area contributed by atoms with Crippen LogP contribution in [-0.2, 0) is 25.6 Å². The first-order chi connectivity index (χ1) is 19.0. The first kappa shape index (κ1) is 30.8. The average Bonchev–Trinajstić information content (AvgIpc) is 2.84. The van der Waals surface area contributed by atoms with Crippen LogP contribution in [0.3, 0.4) is 0 Å². The molecule has 0 aliphatic heterocycles. The van der Waals surface area contributed by atoms with Crippen molar-refractivity contribution < 1.29 is 54.6 Å². The highest BCUT2D eigenvalue weighted by Gasteiger charge is 2.63. The number of primary amides is 1. The second kappa shape index (κ2) is 11.1. The Bertz CT molecular complexity index is 1420. The largest absolute Gasteiger partial charge is 0.510 e. The van der Waals surface area contributed by atoms with Crippen molar-refractivity contribution in [3.8, 4) is 5.75 Å². The molecule has 1 aromatic rings. The van der Waals surface area contributed by atoms with Crippen LogP contribution in [0.5, 0.6) is 5.75 Å². The van der Waals surface area contributed by atoms with Gasteiger partial charge in [0.25, 0.3) is 5.91 Å². The summed E-state index contributed by atoms with van der Waals surface area (Å²) < 4.78 is 0. The lowest BCUT2D eigenvalue weighted by molar-refractivity contribution is -0.148. The van der Waals surface area contributed by atoms with Gasteiger partial charge in [0, 0.05) is 43.4 Å². The number of benzene rings is 1. The predicted molar refractivity (Wildman–Crippen MR) is 142 cm³/mol. The summed E-state index contributed by atoms with van der Waals surface area (Å²) in [6.45, 7) is 0. The number of allylic oxidation sites excluding steroid dienone is 1. The fourth-order valence-electron chi connectivity index (χ4n) is 5.80. The zero-order valence-electron chi connectivity index (χ0n) is 22.7. The van der Waals surface area contributed by atoms with E-state index >= 15 is 0 Å². The van der Waals surface area contributed by atoms with Crippen molar-refractivity contribution in [3.63, 3.8) is 0 Å². The number of phenolic OH excluding ortho intramolecular Hbond substituents is 1. The van der Waals surface area contributed by atoms with Gasteiger partial charge in [0.15, 0.2) is 11.4 Å². The summed E-state index contributed by atoms with van der Waals surface area (Å²) in [7, 11) is 6.79. The molecule has 8 N–H and O–H groups in total. The number of carboxylic acids is 2. The highest BCUT2D eigenvalue weighted by Crippen LogP contribution is 2.52. The Morgan fingerprint density at radius 3 is 2.02 bits per heavy atom. The number of ketones is 2. The lowest BCUT2D eigenvalue weighted by Gasteiger charge is -2.50. The number of aliphatic carboxylic acids is 2. The third-order valence-corrected chi connectivity index (χ3v) is 7.43. The van der Waals surface area contributed by atoms with Crippen molar-refractivity contribution in [1.82, 2.24) is 4.90 Å². The molecule has 1 aromatic carbocycles. The number of aromatic hydroxyl groups is 1. The molecule has 14 heteroatoms. The Morgan fingerprint density at radius 2 is 1.56 bits per heavy atom. The molecule has 220 valence electrons. The molecule has 14 nitrogen and oxygen atoms in total. The molecule has 0 radical (unpaired) electrons. The van der Waals surface area contributed by atoms with E-state index in [0.29, 0.717) is 17.7 Å². The van der Waals surface area contributed by atoms with E-state index in [2.05, 4.69) is 0 Å². The summed E-state index contributed by atoms with van der Waals surface area (Å²) in [5.74, 6) is -9.05. The molecule has 4 atom stereocenters. The number of carbonyl (C=O) groups is 5. The van der Waals surface area contributed by atoms with E-state index < -0.39 is 70.0 Å².